The van der Waals surface area contributed by atoms with Gasteiger partial charge in [0, 0.05) is 18.5 Å². The van der Waals surface area contributed by atoms with E-state index in [9.17, 15) is 9.59 Å². The molecule has 1 aliphatic rings. The number of carbonyl (C=O) groups excluding carboxylic acids is 2. The highest BCUT2D eigenvalue weighted by Gasteiger charge is 2.27. The second-order valence-corrected chi connectivity index (χ2v) is 5.53. The summed E-state index contributed by atoms with van der Waals surface area (Å²) in [6.45, 7) is 7.42. The van der Waals surface area contributed by atoms with E-state index in [2.05, 4.69) is 11.5 Å². The molecule has 1 saturated heterocycles. The molecular weight excluding hydrogens is 284 g/mol. The van der Waals surface area contributed by atoms with Crippen molar-refractivity contribution >= 4 is 11.9 Å². The molecule has 1 heterocycles. The predicted molar refractivity (Wildman–Crippen MR) is 69.6 cm³/mol. The minimum absolute atomic E-state index is 0. The van der Waals surface area contributed by atoms with E-state index in [1.54, 1.807) is 6.92 Å². The minimum Gasteiger partial charge on any atom is -1.00 e. The molecule has 0 spiro atoms. The Balaban J connectivity index is 0.00000361. The van der Waals surface area contributed by atoms with Crippen molar-refractivity contribution in [1.29, 1.82) is 0 Å². The fourth-order valence-electron chi connectivity index (χ4n) is 1.84. The molecule has 1 aliphatic heterocycles. The molecule has 6 nitrogen and oxygen atoms in total. The van der Waals surface area contributed by atoms with Gasteiger partial charge in [-0.15, -0.1) is 0 Å². The molecule has 1 rings (SSSR count). The summed E-state index contributed by atoms with van der Waals surface area (Å²) in [6.07, 6.45) is 1.58. The zero-order valence-corrected chi connectivity index (χ0v) is 13.1. The van der Waals surface area contributed by atoms with Gasteiger partial charge in [0.2, 0.25) is 5.91 Å². The highest BCUT2D eigenvalue weighted by Crippen LogP contribution is 2.12. The maximum absolute atomic E-state index is 11.6. The summed E-state index contributed by atoms with van der Waals surface area (Å²) in [6, 6.07) is 0. The number of halogens is 1. The third kappa shape index (κ3) is 6.36. The van der Waals surface area contributed by atoms with Gasteiger partial charge in [0.15, 0.2) is 6.67 Å². The number of hydrogen-bond acceptors (Lipinski definition) is 4. The Kier molecular flexibility index (Phi) is 7.78. The first-order valence-electron chi connectivity index (χ1n) is 6.41. The van der Waals surface area contributed by atoms with Crippen LogP contribution in [0.4, 0.5) is 0 Å². The highest BCUT2D eigenvalue weighted by atomic mass is 35.5. The summed E-state index contributed by atoms with van der Waals surface area (Å²) < 4.78 is 0.608. The van der Waals surface area contributed by atoms with Gasteiger partial charge in [0.05, 0.1) is 14.1 Å². The van der Waals surface area contributed by atoms with Crippen LogP contribution in [0.25, 0.3) is 0 Å². The van der Waals surface area contributed by atoms with Gasteiger partial charge in [-0.2, -0.15) is 4.89 Å². The summed E-state index contributed by atoms with van der Waals surface area (Å²) in [4.78, 5) is 33.9. The van der Waals surface area contributed by atoms with Crippen LogP contribution in [-0.2, 0) is 19.4 Å². The summed E-state index contributed by atoms with van der Waals surface area (Å²) in [7, 11) is 4.02. The van der Waals surface area contributed by atoms with Gasteiger partial charge in [-0.3, -0.25) is 14.6 Å². The Hall–Kier alpha value is -1.11. The van der Waals surface area contributed by atoms with E-state index in [0.29, 0.717) is 29.7 Å². The standard InChI is InChI=1S/C13H23N2O4.ClH/c1-11(2)13(17)19-18-9-8-15(3,4)10-14-7-5-6-12(14)16;/h1,5-10H2,2-4H3;1H/q+1;/p-1. The summed E-state index contributed by atoms with van der Waals surface area (Å²) in [5, 5.41) is 0. The third-order valence-corrected chi connectivity index (χ3v) is 2.99. The first kappa shape index (κ1) is 18.9. The van der Waals surface area contributed by atoms with Crippen LogP contribution in [0, 0.1) is 0 Å². The highest BCUT2D eigenvalue weighted by molar-refractivity contribution is 5.86. The Morgan fingerprint density at radius 1 is 1.45 bits per heavy atom. The van der Waals surface area contributed by atoms with E-state index in [4.69, 9.17) is 4.89 Å². The van der Waals surface area contributed by atoms with Crippen LogP contribution >= 0.6 is 0 Å². The van der Waals surface area contributed by atoms with Crippen LogP contribution in [0.15, 0.2) is 12.2 Å². The summed E-state index contributed by atoms with van der Waals surface area (Å²) in [5.41, 5.74) is 0.302. The predicted octanol–water partition coefficient (Wildman–Crippen LogP) is -2.30. The number of likely N-dealkylation sites (N-methyl/N-ethyl adjacent to an activating group) is 1. The largest absolute Gasteiger partial charge is 1.00 e. The Morgan fingerprint density at radius 2 is 2.10 bits per heavy atom. The van der Waals surface area contributed by atoms with Gasteiger partial charge in [0.1, 0.15) is 13.2 Å². The Bertz CT molecular complexity index is 371. The van der Waals surface area contributed by atoms with Crippen molar-refractivity contribution in [3.63, 3.8) is 0 Å². The zero-order chi connectivity index (χ0) is 14.5. The monoisotopic (exact) mass is 306 g/mol. The van der Waals surface area contributed by atoms with E-state index < -0.39 is 5.97 Å². The van der Waals surface area contributed by atoms with E-state index in [1.807, 2.05) is 19.0 Å². The van der Waals surface area contributed by atoms with Gasteiger partial charge in [-0.05, 0) is 13.3 Å². The molecule has 0 bridgehead atoms. The van der Waals surface area contributed by atoms with Crippen LogP contribution in [0.5, 0.6) is 0 Å². The molecule has 0 aromatic rings. The van der Waals surface area contributed by atoms with Crippen LogP contribution in [0.2, 0.25) is 0 Å². The van der Waals surface area contributed by atoms with Gasteiger partial charge in [0.25, 0.3) is 0 Å². The van der Waals surface area contributed by atoms with Crippen molar-refractivity contribution in [1.82, 2.24) is 4.90 Å². The molecule has 1 amide bonds. The SMILES string of the molecule is C=C(C)C(=O)OOCC[N+](C)(C)CN1CCCC1=O.[Cl-]. The molecule has 0 atom stereocenters. The quantitative estimate of drug-likeness (QED) is 0.174. The lowest BCUT2D eigenvalue weighted by Crippen LogP contribution is -3.00. The normalized spacial score (nSPS) is 14.9. The van der Waals surface area contributed by atoms with Gasteiger partial charge in [-0.25, -0.2) is 4.79 Å². The van der Waals surface area contributed by atoms with E-state index in [1.165, 1.54) is 0 Å². The zero-order valence-electron chi connectivity index (χ0n) is 12.4. The number of hydrogen-bond donors (Lipinski definition) is 0. The van der Waals surface area contributed by atoms with Crippen molar-refractivity contribution < 1.29 is 36.3 Å². The Labute approximate surface area is 126 Å². The number of amides is 1. The van der Waals surface area contributed by atoms with Crippen LogP contribution < -0.4 is 12.4 Å². The number of likely N-dealkylation sites (tertiary alicyclic amines) is 1. The van der Waals surface area contributed by atoms with E-state index in [-0.39, 0.29) is 24.9 Å². The lowest BCUT2D eigenvalue weighted by Gasteiger charge is -2.33. The number of nitrogens with zero attached hydrogens (tertiary/aromatic N) is 2. The van der Waals surface area contributed by atoms with Crippen LogP contribution in [0.1, 0.15) is 19.8 Å². The molecule has 0 aliphatic carbocycles. The summed E-state index contributed by atoms with van der Waals surface area (Å²) >= 11 is 0. The molecule has 0 N–H and O–H groups in total. The lowest BCUT2D eigenvalue weighted by molar-refractivity contribution is -0.900. The van der Waals surface area contributed by atoms with Crippen molar-refractivity contribution in [2.24, 2.45) is 0 Å². The molecule has 0 aromatic heterocycles. The van der Waals surface area contributed by atoms with Crippen LogP contribution in [-0.4, -0.2) is 61.7 Å². The molecule has 20 heavy (non-hydrogen) atoms. The Morgan fingerprint density at radius 3 is 2.60 bits per heavy atom. The maximum atomic E-state index is 11.6. The molecule has 116 valence electrons. The minimum atomic E-state index is -0.556. The van der Waals surface area contributed by atoms with Crippen molar-refractivity contribution in [2.45, 2.75) is 19.8 Å². The fraction of sp³-hybridized carbons (Fsp3) is 0.692. The van der Waals surface area contributed by atoms with Crippen molar-refractivity contribution in [2.75, 3.05) is 40.5 Å². The van der Waals surface area contributed by atoms with E-state index >= 15 is 0 Å². The van der Waals surface area contributed by atoms with Crippen molar-refractivity contribution in [3.8, 4) is 0 Å². The van der Waals surface area contributed by atoms with E-state index in [0.717, 1.165) is 13.0 Å². The fourth-order valence-corrected chi connectivity index (χ4v) is 1.84. The molecule has 0 aromatic carbocycles. The first-order valence-corrected chi connectivity index (χ1v) is 6.41. The molecule has 1 fully saturated rings. The first-order chi connectivity index (χ1) is 8.82. The third-order valence-electron chi connectivity index (χ3n) is 2.99. The molecular formula is C13H23ClN2O4. The van der Waals surface area contributed by atoms with Gasteiger partial charge < -0.3 is 16.9 Å². The van der Waals surface area contributed by atoms with Gasteiger partial charge in [-0.1, -0.05) is 6.58 Å². The second-order valence-electron chi connectivity index (χ2n) is 5.53. The molecule has 0 saturated carbocycles. The topological polar surface area (TPSA) is 55.8 Å². The van der Waals surface area contributed by atoms with Crippen LogP contribution in [0.3, 0.4) is 0 Å². The molecule has 0 radical (unpaired) electrons. The summed E-state index contributed by atoms with van der Waals surface area (Å²) in [5.74, 6) is -0.346. The molecule has 0 unspecified atom stereocenters. The number of carbonyl (C=O) groups is 2. The maximum Gasteiger partial charge on any atom is 0.368 e. The number of rotatable bonds is 7. The van der Waals surface area contributed by atoms with Crippen molar-refractivity contribution in [3.05, 3.63) is 12.2 Å². The average Bonchev–Trinajstić information content (AvgIpc) is 2.69. The molecule has 7 heteroatoms. The average molecular weight is 307 g/mol. The number of quaternary nitrogens is 1. The lowest BCUT2D eigenvalue weighted by atomic mass is 10.4. The van der Waals surface area contributed by atoms with Gasteiger partial charge >= 0.3 is 5.97 Å². The second kappa shape index (κ2) is 8.24. The smallest absolute Gasteiger partial charge is 0.368 e.